The Morgan fingerprint density at radius 3 is 2.82 bits per heavy atom. The molecular weight excluding hydrogens is 238 g/mol. The van der Waals surface area contributed by atoms with Crippen LogP contribution in [0.2, 0.25) is 0 Å². The van der Waals surface area contributed by atoms with Gasteiger partial charge in [-0.3, -0.25) is 4.79 Å². The molecule has 1 amide bonds. The van der Waals surface area contributed by atoms with Crippen molar-refractivity contribution in [2.24, 2.45) is 0 Å². The molecule has 5 nitrogen and oxygen atoms in total. The second-order valence-electron chi connectivity index (χ2n) is 3.43. The second kappa shape index (κ2) is 5.51. The summed E-state index contributed by atoms with van der Waals surface area (Å²) < 4.78 is 7.54. The fourth-order valence-corrected chi connectivity index (χ4v) is 1.75. The largest absolute Gasteiger partial charge is 0.387 e. The first kappa shape index (κ1) is 11.7. The summed E-state index contributed by atoms with van der Waals surface area (Å²) in [7, 11) is 0. The maximum atomic E-state index is 11.5. The highest BCUT2D eigenvalue weighted by Gasteiger charge is 2.11. The van der Waals surface area contributed by atoms with Gasteiger partial charge in [0.15, 0.2) is 5.69 Å². The fourth-order valence-electron chi connectivity index (χ4n) is 1.34. The van der Waals surface area contributed by atoms with Crippen LogP contribution in [-0.4, -0.2) is 26.3 Å². The highest BCUT2D eigenvalue weighted by Crippen LogP contribution is 2.10. The average molecular weight is 249 g/mol. The van der Waals surface area contributed by atoms with Gasteiger partial charge < -0.3 is 10.4 Å². The molecule has 2 N–H and O–H groups in total. The maximum Gasteiger partial charge on any atom is 0.272 e. The second-order valence-corrected chi connectivity index (χ2v) is 3.99. The van der Waals surface area contributed by atoms with E-state index in [4.69, 9.17) is 0 Å². The number of amides is 1. The third-order valence-corrected chi connectivity index (χ3v) is 2.71. The highest BCUT2D eigenvalue weighted by atomic mass is 32.1. The minimum atomic E-state index is -0.716. The third kappa shape index (κ3) is 3.08. The Bertz CT molecular complexity index is 473. The molecule has 2 rings (SSSR count). The number of carbonyl (C=O) groups excluding carboxylic acids is 1. The monoisotopic (exact) mass is 249 g/mol. The molecule has 0 spiro atoms. The van der Waals surface area contributed by atoms with Crippen LogP contribution in [0.3, 0.4) is 0 Å². The molecule has 1 atom stereocenters. The molecule has 1 heterocycles. The number of benzene rings is 1. The summed E-state index contributed by atoms with van der Waals surface area (Å²) in [6, 6.07) is 9.16. The molecule has 0 aliphatic heterocycles. The lowest BCUT2D eigenvalue weighted by Gasteiger charge is -2.11. The molecule has 0 saturated carbocycles. The van der Waals surface area contributed by atoms with Gasteiger partial charge in [0.2, 0.25) is 0 Å². The topological polar surface area (TPSA) is 75.1 Å². The van der Waals surface area contributed by atoms with Gasteiger partial charge in [-0.1, -0.05) is 30.3 Å². The Labute approximate surface area is 102 Å². The van der Waals surface area contributed by atoms with Gasteiger partial charge >= 0.3 is 0 Å². The lowest BCUT2D eigenvalue weighted by molar-refractivity contribution is 0.0912. The molecule has 1 aromatic carbocycles. The van der Waals surface area contributed by atoms with Crippen LogP contribution in [0.15, 0.2) is 36.5 Å². The summed E-state index contributed by atoms with van der Waals surface area (Å²) >= 11 is 0.975. The smallest absolute Gasteiger partial charge is 0.272 e. The van der Waals surface area contributed by atoms with E-state index >= 15 is 0 Å². The van der Waals surface area contributed by atoms with Gasteiger partial charge in [-0.15, -0.1) is 0 Å². The van der Waals surface area contributed by atoms with E-state index in [0.29, 0.717) is 0 Å². The quantitative estimate of drug-likeness (QED) is 0.847. The van der Waals surface area contributed by atoms with Gasteiger partial charge in [-0.25, -0.2) is 0 Å². The lowest BCUT2D eigenvalue weighted by Crippen LogP contribution is -2.28. The first-order valence-corrected chi connectivity index (χ1v) is 5.79. The van der Waals surface area contributed by atoms with Crippen molar-refractivity contribution in [1.29, 1.82) is 0 Å². The van der Waals surface area contributed by atoms with Crippen LogP contribution in [0.1, 0.15) is 22.2 Å². The van der Waals surface area contributed by atoms with E-state index in [1.807, 2.05) is 18.2 Å². The molecule has 17 heavy (non-hydrogen) atoms. The maximum absolute atomic E-state index is 11.5. The van der Waals surface area contributed by atoms with E-state index in [1.165, 1.54) is 6.20 Å². The van der Waals surface area contributed by atoms with E-state index < -0.39 is 6.10 Å². The molecule has 0 fully saturated rings. The van der Waals surface area contributed by atoms with E-state index in [0.717, 1.165) is 17.3 Å². The Hall–Kier alpha value is -1.79. The van der Waals surface area contributed by atoms with Gasteiger partial charge in [-0.05, 0) is 5.56 Å². The molecule has 0 saturated heterocycles. The first-order chi connectivity index (χ1) is 8.27. The number of carbonyl (C=O) groups is 1. The summed E-state index contributed by atoms with van der Waals surface area (Å²) in [6.45, 7) is 0.153. The number of hydrogen-bond donors (Lipinski definition) is 2. The highest BCUT2D eigenvalue weighted by molar-refractivity contribution is 6.99. The van der Waals surface area contributed by atoms with Crippen LogP contribution < -0.4 is 5.32 Å². The lowest BCUT2D eigenvalue weighted by atomic mass is 10.1. The molecule has 6 heteroatoms. The van der Waals surface area contributed by atoms with E-state index in [2.05, 4.69) is 14.1 Å². The summed E-state index contributed by atoms with van der Waals surface area (Å²) in [5, 5.41) is 12.4. The fraction of sp³-hybridized carbons (Fsp3) is 0.182. The van der Waals surface area contributed by atoms with Crippen LogP contribution in [-0.2, 0) is 0 Å². The minimum Gasteiger partial charge on any atom is -0.387 e. The van der Waals surface area contributed by atoms with Crippen LogP contribution in [0.4, 0.5) is 0 Å². The van der Waals surface area contributed by atoms with Crippen molar-refractivity contribution in [3.05, 3.63) is 47.8 Å². The summed E-state index contributed by atoms with van der Waals surface area (Å²) in [4.78, 5) is 11.5. The molecule has 0 radical (unpaired) electrons. The Balaban J connectivity index is 1.89. The predicted octanol–water partition coefficient (Wildman–Crippen LogP) is 1.00. The van der Waals surface area contributed by atoms with Crippen molar-refractivity contribution in [1.82, 2.24) is 14.1 Å². The molecule has 0 aliphatic carbocycles. The number of aromatic nitrogens is 2. The Kier molecular flexibility index (Phi) is 3.79. The Morgan fingerprint density at radius 1 is 1.41 bits per heavy atom. The van der Waals surface area contributed by atoms with Crippen LogP contribution in [0, 0.1) is 0 Å². The SMILES string of the molecule is O=C(NC[C@H](O)c1ccccc1)c1cnsn1. The van der Waals surface area contributed by atoms with Crippen molar-refractivity contribution >= 4 is 17.6 Å². The Morgan fingerprint density at radius 2 is 2.18 bits per heavy atom. The van der Waals surface area contributed by atoms with Crippen molar-refractivity contribution in [2.75, 3.05) is 6.54 Å². The van der Waals surface area contributed by atoms with Gasteiger partial charge in [-0.2, -0.15) is 8.75 Å². The van der Waals surface area contributed by atoms with Crippen LogP contribution in [0.25, 0.3) is 0 Å². The molecular formula is C11H11N3O2S. The number of aliphatic hydroxyl groups is 1. The zero-order chi connectivity index (χ0) is 12.1. The van der Waals surface area contributed by atoms with Gasteiger partial charge in [0, 0.05) is 6.54 Å². The van der Waals surface area contributed by atoms with E-state index in [-0.39, 0.29) is 18.1 Å². The molecule has 1 aromatic heterocycles. The van der Waals surface area contributed by atoms with Gasteiger partial charge in [0.25, 0.3) is 5.91 Å². The summed E-state index contributed by atoms with van der Waals surface area (Å²) in [5.74, 6) is -0.325. The summed E-state index contributed by atoms with van der Waals surface area (Å²) in [5.41, 5.74) is 1.04. The zero-order valence-corrected chi connectivity index (χ0v) is 9.72. The van der Waals surface area contributed by atoms with Crippen molar-refractivity contribution in [2.45, 2.75) is 6.10 Å². The molecule has 0 bridgehead atoms. The van der Waals surface area contributed by atoms with E-state index in [1.54, 1.807) is 12.1 Å². The number of hydrogen-bond acceptors (Lipinski definition) is 5. The van der Waals surface area contributed by atoms with Crippen LogP contribution in [0.5, 0.6) is 0 Å². The van der Waals surface area contributed by atoms with Crippen molar-refractivity contribution in [3.8, 4) is 0 Å². The van der Waals surface area contributed by atoms with Gasteiger partial charge in [0.05, 0.1) is 24.0 Å². The zero-order valence-electron chi connectivity index (χ0n) is 8.91. The summed E-state index contributed by atoms with van der Waals surface area (Å²) in [6.07, 6.45) is 0.682. The first-order valence-electron chi connectivity index (χ1n) is 5.06. The number of nitrogens with zero attached hydrogens (tertiary/aromatic N) is 2. The van der Waals surface area contributed by atoms with Gasteiger partial charge in [0.1, 0.15) is 0 Å². The van der Waals surface area contributed by atoms with E-state index in [9.17, 15) is 9.90 Å². The van der Waals surface area contributed by atoms with Crippen molar-refractivity contribution in [3.63, 3.8) is 0 Å². The molecule has 88 valence electrons. The number of aliphatic hydroxyl groups excluding tert-OH is 1. The van der Waals surface area contributed by atoms with Crippen LogP contribution >= 0.6 is 11.7 Å². The number of rotatable bonds is 4. The molecule has 2 aromatic rings. The average Bonchev–Trinajstić information content (AvgIpc) is 2.90. The van der Waals surface area contributed by atoms with Crippen molar-refractivity contribution < 1.29 is 9.90 Å². The molecule has 0 unspecified atom stereocenters. The molecule has 0 aliphatic rings. The third-order valence-electron chi connectivity index (χ3n) is 2.23. The standard InChI is InChI=1S/C11H11N3O2S/c15-10(8-4-2-1-3-5-8)7-12-11(16)9-6-13-17-14-9/h1-6,10,15H,7H2,(H,12,16)/t10-/m0/s1. The minimum absolute atomic E-state index is 0.153. The normalized spacial score (nSPS) is 12.1. The number of nitrogens with one attached hydrogen (secondary N) is 1. The predicted molar refractivity (Wildman–Crippen MR) is 63.6 cm³/mol.